The molecule has 2 aliphatic heterocycles. The molecule has 3 rings (SSSR count). The fraction of sp³-hybridized carbons (Fsp3) is 0.611. The molecular weight excluding hydrogens is 288 g/mol. The largest absolute Gasteiger partial charge is 0.489 e. The third kappa shape index (κ3) is 4.16. The fourth-order valence-corrected chi connectivity index (χ4v) is 3.09. The van der Waals surface area contributed by atoms with Crippen LogP contribution in [0.5, 0.6) is 5.75 Å². The number of fused-ring (bicyclic) bond motifs is 1. The molecule has 0 aliphatic carbocycles. The highest BCUT2D eigenvalue weighted by atomic mass is 16.5. The Hall–Kier alpha value is -1.75. The SMILES string of the molecule is Cc1ccc2c(c1C)OC(CNCCCNC1=NCCN1)CC2. The van der Waals surface area contributed by atoms with Crippen molar-refractivity contribution in [2.75, 3.05) is 32.7 Å². The normalized spacial score (nSPS) is 19.6. The molecule has 0 spiro atoms. The van der Waals surface area contributed by atoms with Gasteiger partial charge in [0.25, 0.3) is 0 Å². The van der Waals surface area contributed by atoms with Crippen molar-refractivity contribution >= 4 is 5.96 Å². The maximum Gasteiger partial charge on any atom is 0.191 e. The molecule has 0 saturated heterocycles. The maximum absolute atomic E-state index is 6.22. The lowest BCUT2D eigenvalue weighted by Gasteiger charge is -2.28. The molecule has 1 unspecified atom stereocenters. The Morgan fingerprint density at radius 2 is 2.22 bits per heavy atom. The summed E-state index contributed by atoms with van der Waals surface area (Å²) in [6.45, 7) is 9.03. The molecule has 5 heteroatoms. The van der Waals surface area contributed by atoms with Crippen LogP contribution in [0.15, 0.2) is 17.1 Å². The van der Waals surface area contributed by atoms with Crippen LogP contribution in [0.3, 0.4) is 0 Å². The van der Waals surface area contributed by atoms with Gasteiger partial charge in [-0.2, -0.15) is 0 Å². The van der Waals surface area contributed by atoms with Crippen LogP contribution in [0, 0.1) is 13.8 Å². The van der Waals surface area contributed by atoms with Gasteiger partial charge in [0, 0.05) is 19.6 Å². The Kier molecular flexibility index (Phi) is 5.39. The van der Waals surface area contributed by atoms with E-state index in [2.05, 4.69) is 46.9 Å². The third-order valence-electron chi connectivity index (χ3n) is 4.65. The van der Waals surface area contributed by atoms with Crippen molar-refractivity contribution in [3.8, 4) is 5.75 Å². The van der Waals surface area contributed by atoms with E-state index in [1.165, 1.54) is 16.7 Å². The minimum absolute atomic E-state index is 0.289. The molecular formula is C18H28N4O. The smallest absolute Gasteiger partial charge is 0.191 e. The average molecular weight is 316 g/mol. The Bertz CT molecular complexity index is 570. The molecule has 0 aromatic heterocycles. The van der Waals surface area contributed by atoms with E-state index in [0.29, 0.717) is 0 Å². The molecule has 1 aromatic carbocycles. The van der Waals surface area contributed by atoms with E-state index in [1.54, 1.807) is 0 Å². The summed E-state index contributed by atoms with van der Waals surface area (Å²) < 4.78 is 6.22. The van der Waals surface area contributed by atoms with Crippen LogP contribution in [-0.2, 0) is 6.42 Å². The van der Waals surface area contributed by atoms with Crippen molar-refractivity contribution in [2.24, 2.45) is 4.99 Å². The summed E-state index contributed by atoms with van der Waals surface area (Å²) in [5, 5.41) is 10.1. The molecule has 5 nitrogen and oxygen atoms in total. The summed E-state index contributed by atoms with van der Waals surface area (Å²) in [6, 6.07) is 4.42. The standard InChI is InChI=1S/C18H28N4O/c1-13-4-5-15-6-7-16(23-17(15)14(13)2)12-19-8-3-9-20-18-21-10-11-22-18/h4-5,16,19H,3,6-12H2,1-2H3,(H2,20,21,22). The maximum atomic E-state index is 6.22. The summed E-state index contributed by atoms with van der Waals surface area (Å²) in [6.07, 6.45) is 3.59. The Balaban J connectivity index is 1.36. The topological polar surface area (TPSA) is 57.7 Å². The minimum Gasteiger partial charge on any atom is -0.489 e. The number of ether oxygens (including phenoxy) is 1. The van der Waals surface area contributed by atoms with Crippen LogP contribution in [0.4, 0.5) is 0 Å². The summed E-state index contributed by atoms with van der Waals surface area (Å²) in [4.78, 5) is 4.32. The number of hydrogen-bond donors (Lipinski definition) is 3. The number of nitrogens with zero attached hydrogens (tertiary/aromatic N) is 1. The molecule has 3 N–H and O–H groups in total. The number of guanidine groups is 1. The van der Waals surface area contributed by atoms with Crippen molar-refractivity contribution in [1.82, 2.24) is 16.0 Å². The average Bonchev–Trinajstić information content (AvgIpc) is 3.08. The second-order valence-electron chi connectivity index (χ2n) is 6.42. The van der Waals surface area contributed by atoms with Crippen molar-refractivity contribution in [3.63, 3.8) is 0 Å². The van der Waals surface area contributed by atoms with Gasteiger partial charge >= 0.3 is 0 Å². The Morgan fingerprint density at radius 3 is 3.04 bits per heavy atom. The van der Waals surface area contributed by atoms with E-state index in [-0.39, 0.29) is 6.10 Å². The van der Waals surface area contributed by atoms with Crippen LogP contribution in [0.2, 0.25) is 0 Å². The number of aliphatic imine (C=N–C) groups is 1. The molecule has 0 saturated carbocycles. The first-order valence-electron chi connectivity index (χ1n) is 8.72. The third-order valence-corrected chi connectivity index (χ3v) is 4.65. The van der Waals surface area contributed by atoms with E-state index < -0.39 is 0 Å². The molecule has 0 bridgehead atoms. The molecule has 2 heterocycles. The number of hydrogen-bond acceptors (Lipinski definition) is 5. The molecule has 126 valence electrons. The number of aryl methyl sites for hydroxylation is 2. The molecule has 0 radical (unpaired) electrons. The van der Waals surface area contributed by atoms with Crippen molar-refractivity contribution in [3.05, 3.63) is 28.8 Å². The van der Waals surface area contributed by atoms with Gasteiger partial charge in [0.15, 0.2) is 5.96 Å². The van der Waals surface area contributed by atoms with E-state index in [1.807, 2.05) is 0 Å². The number of nitrogens with one attached hydrogen (secondary N) is 3. The highest BCUT2D eigenvalue weighted by Crippen LogP contribution is 2.32. The van der Waals surface area contributed by atoms with Gasteiger partial charge in [0.1, 0.15) is 11.9 Å². The minimum atomic E-state index is 0.289. The number of benzene rings is 1. The predicted octanol–water partition coefficient (Wildman–Crippen LogP) is 1.53. The van der Waals surface area contributed by atoms with Gasteiger partial charge in [-0.1, -0.05) is 12.1 Å². The van der Waals surface area contributed by atoms with Crippen LogP contribution in [-0.4, -0.2) is 44.8 Å². The summed E-state index contributed by atoms with van der Waals surface area (Å²) in [5.41, 5.74) is 3.96. The van der Waals surface area contributed by atoms with Gasteiger partial charge in [0.05, 0.1) is 6.54 Å². The van der Waals surface area contributed by atoms with Crippen LogP contribution in [0.25, 0.3) is 0 Å². The Morgan fingerprint density at radius 1 is 1.30 bits per heavy atom. The van der Waals surface area contributed by atoms with Gasteiger partial charge in [-0.3, -0.25) is 4.99 Å². The lowest BCUT2D eigenvalue weighted by molar-refractivity contribution is 0.169. The summed E-state index contributed by atoms with van der Waals surface area (Å²) in [5.74, 6) is 2.07. The van der Waals surface area contributed by atoms with Crippen LogP contribution >= 0.6 is 0 Å². The molecule has 1 atom stereocenters. The first-order valence-corrected chi connectivity index (χ1v) is 8.72. The van der Waals surface area contributed by atoms with E-state index in [0.717, 1.165) is 63.7 Å². The zero-order valence-corrected chi connectivity index (χ0v) is 14.2. The van der Waals surface area contributed by atoms with Gasteiger partial charge < -0.3 is 20.7 Å². The monoisotopic (exact) mass is 316 g/mol. The highest BCUT2D eigenvalue weighted by Gasteiger charge is 2.21. The fourth-order valence-electron chi connectivity index (χ4n) is 3.09. The molecule has 0 fully saturated rings. The van der Waals surface area contributed by atoms with Gasteiger partial charge in [-0.05, 0) is 56.3 Å². The summed E-state index contributed by atoms with van der Waals surface area (Å²) >= 11 is 0. The molecule has 0 amide bonds. The van der Waals surface area contributed by atoms with Gasteiger partial charge in [-0.15, -0.1) is 0 Å². The zero-order valence-electron chi connectivity index (χ0n) is 14.2. The lowest BCUT2D eigenvalue weighted by Crippen LogP contribution is -2.37. The molecule has 23 heavy (non-hydrogen) atoms. The molecule has 2 aliphatic rings. The van der Waals surface area contributed by atoms with E-state index in [9.17, 15) is 0 Å². The molecule has 1 aromatic rings. The quantitative estimate of drug-likeness (QED) is 0.697. The van der Waals surface area contributed by atoms with E-state index in [4.69, 9.17) is 4.74 Å². The van der Waals surface area contributed by atoms with Gasteiger partial charge in [0.2, 0.25) is 0 Å². The van der Waals surface area contributed by atoms with Gasteiger partial charge in [-0.25, -0.2) is 0 Å². The van der Waals surface area contributed by atoms with Crippen LogP contribution < -0.4 is 20.7 Å². The lowest BCUT2D eigenvalue weighted by atomic mass is 9.97. The van der Waals surface area contributed by atoms with Crippen molar-refractivity contribution in [2.45, 2.75) is 39.2 Å². The summed E-state index contributed by atoms with van der Waals surface area (Å²) in [7, 11) is 0. The Labute approximate surface area is 138 Å². The van der Waals surface area contributed by atoms with Crippen molar-refractivity contribution in [1.29, 1.82) is 0 Å². The van der Waals surface area contributed by atoms with E-state index >= 15 is 0 Å². The van der Waals surface area contributed by atoms with Crippen molar-refractivity contribution < 1.29 is 4.74 Å². The first-order chi connectivity index (χ1) is 11.2. The highest BCUT2D eigenvalue weighted by molar-refractivity contribution is 5.81. The second kappa shape index (κ2) is 7.68. The predicted molar refractivity (Wildman–Crippen MR) is 94.4 cm³/mol. The second-order valence-corrected chi connectivity index (χ2v) is 6.42. The zero-order chi connectivity index (χ0) is 16.1. The van der Waals surface area contributed by atoms with Crippen LogP contribution in [0.1, 0.15) is 29.5 Å². The first kappa shape index (κ1) is 16.1. The number of rotatable bonds is 6.